The Morgan fingerprint density at radius 1 is 1.09 bits per heavy atom. The second kappa shape index (κ2) is 9.07. The number of amides is 1. The summed E-state index contributed by atoms with van der Waals surface area (Å²) in [6.07, 6.45) is 4.14. The molecule has 1 aliphatic rings. The van der Waals surface area contributed by atoms with E-state index in [1.807, 2.05) is 4.57 Å². The molecule has 0 radical (unpaired) electrons. The molecule has 32 heavy (non-hydrogen) atoms. The number of nitrogens with one attached hydrogen (secondary N) is 2. The van der Waals surface area contributed by atoms with Gasteiger partial charge in [0.1, 0.15) is 11.6 Å². The van der Waals surface area contributed by atoms with Crippen LogP contribution in [0.2, 0.25) is 0 Å². The van der Waals surface area contributed by atoms with E-state index in [9.17, 15) is 17.6 Å². The van der Waals surface area contributed by atoms with Gasteiger partial charge in [-0.3, -0.25) is 9.52 Å². The van der Waals surface area contributed by atoms with Crippen molar-refractivity contribution in [1.82, 2.24) is 20.1 Å². The van der Waals surface area contributed by atoms with Crippen LogP contribution in [0.5, 0.6) is 0 Å². The fourth-order valence-electron chi connectivity index (χ4n) is 3.68. The van der Waals surface area contributed by atoms with Gasteiger partial charge in [-0.1, -0.05) is 12.5 Å². The molecule has 8 nitrogen and oxygen atoms in total. The van der Waals surface area contributed by atoms with Crippen LogP contribution in [0, 0.1) is 12.7 Å². The van der Waals surface area contributed by atoms with Crippen LogP contribution in [-0.2, 0) is 29.5 Å². The van der Waals surface area contributed by atoms with Crippen LogP contribution >= 0.6 is 0 Å². The summed E-state index contributed by atoms with van der Waals surface area (Å²) in [4.78, 5) is 12.8. The number of sulfonamides is 1. The Bertz CT molecular complexity index is 1240. The highest BCUT2D eigenvalue weighted by molar-refractivity contribution is 7.92. The maximum atomic E-state index is 13.1. The summed E-state index contributed by atoms with van der Waals surface area (Å²) < 4.78 is 43.0. The molecular formula is C22H24FN5O3S. The summed E-state index contributed by atoms with van der Waals surface area (Å²) >= 11 is 0. The largest absolute Gasteiger partial charge is 0.345 e. The SMILES string of the molecule is Cc1ccc(S(=O)(=O)Nc2ccc(F)cc2)cc1C(=O)NCc1nnc2n1CCCCC2. The molecule has 1 amide bonds. The summed E-state index contributed by atoms with van der Waals surface area (Å²) in [5.74, 6) is 0.761. The highest BCUT2D eigenvalue weighted by atomic mass is 32.2. The molecule has 4 rings (SSSR count). The van der Waals surface area contributed by atoms with Crippen molar-refractivity contribution >= 4 is 21.6 Å². The van der Waals surface area contributed by atoms with E-state index in [0.29, 0.717) is 11.4 Å². The standard InChI is InChI=1S/C22H24FN5O3S/c1-15-6-11-18(32(30,31)27-17-9-7-16(23)8-10-17)13-19(15)22(29)24-14-21-26-25-20-5-3-2-4-12-28(20)21/h6-11,13,27H,2-5,12,14H2,1H3,(H,24,29). The van der Waals surface area contributed by atoms with Crippen molar-refractivity contribution < 1.29 is 17.6 Å². The monoisotopic (exact) mass is 457 g/mol. The number of rotatable bonds is 6. The van der Waals surface area contributed by atoms with Crippen LogP contribution < -0.4 is 10.0 Å². The third kappa shape index (κ3) is 4.80. The van der Waals surface area contributed by atoms with Gasteiger partial charge in [-0.05, 0) is 61.7 Å². The summed E-state index contributed by atoms with van der Waals surface area (Å²) in [5, 5.41) is 11.3. The minimum Gasteiger partial charge on any atom is -0.345 e. The maximum Gasteiger partial charge on any atom is 0.261 e. The summed E-state index contributed by atoms with van der Waals surface area (Å²) in [5.41, 5.74) is 1.12. The van der Waals surface area contributed by atoms with Gasteiger partial charge in [0.25, 0.3) is 15.9 Å². The lowest BCUT2D eigenvalue weighted by atomic mass is 10.1. The Morgan fingerprint density at radius 3 is 2.66 bits per heavy atom. The Balaban J connectivity index is 1.50. The fraction of sp³-hybridized carbons (Fsp3) is 0.318. The maximum absolute atomic E-state index is 13.1. The molecule has 0 saturated heterocycles. The van der Waals surface area contributed by atoms with Crippen LogP contribution in [0.1, 0.15) is 46.8 Å². The molecule has 10 heteroatoms. The number of nitrogens with zero attached hydrogens (tertiary/aromatic N) is 3. The molecule has 0 saturated carbocycles. The summed E-state index contributed by atoms with van der Waals surface area (Å²) in [6, 6.07) is 9.33. The molecule has 2 aromatic carbocycles. The van der Waals surface area contributed by atoms with Crippen molar-refractivity contribution in [1.29, 1.82) is 0 Å². The average molecular weight is 458 g/mol. The molecule has 168 valence electrons. The van der Waals surface area contributed by atoms with E-state index < -0.39 is 21.7 Å². The molecule has 2 N–H and O–H groups in total. The number of halogens is 1. The Morgan fingerprint density at radius 2 is 1.88 bits per heavy atom. The third-order valence-electron chi connectivity index (χ3n) is 5.45. The van der Waals surface area contributed by atoms with Crippen molar-refractivity contribution in [3.63, 3.8) is 0 Å². The minimum atomic E-state index is -3.95. The van der Waals surface area contributed by atoms with Crippen LogP contribution in [-0.4, -0.2) is 29.1 Å². The highest BCUT2D eigenvalue weighted by Crippen LogP contribution is 2.20. The number of aromatic nitrogens is 3. The zero-order valence-electron chi connectivity index (χ0n) is 17.6. The van der Waals surface area contributed by atoms with Gasteiger partial charge in [0.05, 0.1) is 11.4 Å². The van der Waals surface area contributed by atoms with E-state index in [1.54, 1.807) is 13.0 Å². The predicted molar refractivity (Wildman–Crippen MR) is 117 cm³/mol. The number of benzene rings is 2. The number of fused-ring (bicyclic) bond motifs is 1. The van der Waals surface area contributed by atoms with E-state index >= 15 is 0 Å². The average Bonchev–Trinajstić information content (AvgIpc) is 2.99. The molecule has 1 aromatic heterocycles. The first kappa shape index (κ1) is 21.9. The van der Waals surface area contributed by atoms with Gasteiger partial charge >= 0.3 is 0 Å². The molecule has 0 aliphatic carbocycles. The smallest absolute Gasteiger partial charge is 0.261 e. The molecule has 0 unspecified atom stereocenters. The van der Waals surface area contributed by atoms with Gasteiger partial charge in [-0.15, -0.1) is 10.2 Å². The molecular weight excluding hydrogens is 433 g/mol. The first-order valence-electron chi connectivity index (χ1n) is 10.4. The van der Waals surface area contributed by atoms with Gasteiger partial charge in [-0.2, -0.15) is 0 Å². The second-order valence-corrected chi connectivity index (χ2v) is 9.45. The molecule has 0 spiro atoms. The quantitative estimate of drug-likeness (QED) is 0.591. The molecule has 0 atom stereocenters. The van der Waals surface area contributed by atoms with Gasteiger partial charge in [0, 0.05) is 24.2 Å². The first-order valence-corrected chi connectivity index (χ1v) is 11.9. The van der Waals surface area contributed by atoms with Crippen molar-refractivity contribution in [2.75, 3.05) is 4.72 Å². The number of aryl methyl sites for hydroxylation is 2. The molecule has 2 heterocycles. The second-order valence-electron chi connectivity index (χ2n) is 7.77. The highest BCUT2D eigenvalue weighted by Gasteiger charge is 2.20. The Labute approximate surface area is 185 Å². The first-order chi connectivity index (χ1) is 15.3. The van der Waals surface area contributed by atoms with E-state index in [2.05, 4.69) is 20.2 Å². The van der Waals surface area contributed by atoms with Gasteiger partial charge in [0.15, 0.2) is 5.82 Å². The lowest BCUT2D eigenvalue weighted by Crippen LogP contribution is -2.26. The molecule has 0 bridgehead atoms. The zero-order valence-corrected chi connectivity index (χ0v) is 18.5. The van der Waals surface area contributed by atoms with Gasteiger partial charge < -0.3 is 9.88 Å². The number of carbonyl (C=O) groups excluding carboxylic acids is 1. The van der Waals surface area contributed by atoms with Crippen LogP contribution in [0.3, 0.4) is 0 Å². The Hall–Kier alpha value is -3.27. The molecule has 1 aliphatic heterocycles. The lowest BCUT2D eigenvalue weighted by molar-refractivity contribution is 0.0948. The molecule has 3 aromatic rings. The number of anilines is 1. The van der Waals surface area contributed by atoms with E-state index in [-0.39, 0.29) is 22.7 Å². The van der Waals surface area contributed by atoms with Gasteiger partial charge in [0.2, 0.25) is 0 Å². The van der Waals surface area contributed by atoms with Gasteiger partial charge in [-0.25, -0.2) is 12.8 Å². The number of carbonyl (C=O) groups is 1. The van der Waals surface area contributed by atoms with E-state index in [1.165, 1.54) is 24.3 Å². The normalized spacial score (nSPS) is 13.8. The lowest BCUT2D eigenvalue weighted by Gasteiger charge is -2.12. The van der Waals surface area contributed by atoms with E-state index in [0.717, 1.165) is 50.2 Å². The minimum absolute atomic E-state index is 0.0612. The van der Waals surface area contributed by atoms with E-state index in [4.69, 9.17) is 0 Å². The van der Waals surface area contributed by atoms with Crippen LogP contribution in [0.4, 0.5) is 10.1 Å². The molecule has 0 fully saturated rings. The van der Waals surface area contributed by atoms with Crippen LogP contribution in [0.25, 0.3) is 0 Å². The predicted octanol–water partition coefficient (Wildman–Crippen LogP) is 3.18. The number of hydrogen-bond acceptors (Lipinski definition) is 5. The van der Waals surface area contributed by atoms with Crippen molar-refractivity contribution in [3.05, 3.63) is 71.1 Å². The topological polar surface area (TPSA) is 106 Å². The Kier molecular flexibility index (Phi) is 6.22. The van der Waals surface area contributed by atoms with Crippen molar-refractivity contribution in [2.24, 2.45) is 0 Å². The van der Waals surface area contributed by atoms with Crippen LogP contribution in [0.15, 0.2) is 47.4 Å². The zero-order chi connectivity index (χ0) is 22.7. The summed E-state index contributed by atoms with van der Waals surface area (Å²) in [6.45, 7) is 2.77. The van der Waals surface area contributed by atoms with Crippen molar-refractivity contribution in [3.8, 4) is 0 Å². The number of hydrogen-bond donors (Lipinski definition) is 2. The summed E-state index contributed by atoms with van der Waals surface area (Å²) in [7, 11) is -3.95. The fourth-order valence-corrected chi connectivity index (χ4v) is 4.76. The third-order valence-corrected chi connectivity index (χ3v) is 6.83. The van der Waals surface area contributed by atoms with Crippen molar-refractivity contribution in [2.45, 2.75) is 50.6 Å².